The van der Waals surface area contributed by atoms with Gasteiger partial charge in [-0.25, -0.2) is 0 Å². The Morgan fingerprint density at radius 1 is 0.593 bits per heavy atom. The molecule has 0 saturated carbocycles. The molecular formula is C21H16N2O4. The van der Waals surface area contributed by atoms with Gasteiger partial charge in [-0.05, 0) is 18.2 Å². The summed E-state index contributed by atoms with van der Waals surface area (Å²) in [5.41, 5.74) is 5.33. The van der Waals surface area contributed by atoms with Crippen LogP contribution in [0.1, 0.15) is 36.6 Å². The second-order valence-electron chi connectivity index (χ2n) is 5.67. The van der Waals surface area contributed by atoms with Crippen molar-refractivity contribution in [1.82, 2.24) is 10.9 Å². The minimum Gasteiger partial charge on any atom is -0.507 e. The Kier molecular flexibility index (Phi) is 5.28. The van der Waals surface area contributed by atoms with E-state index in [-0.39, 0.29) is 28.2 Å². The van der Waals surface area contributed by atoms with E-state index in [1.54, 1.807) is 60.7 Å². The number of nitrogens with one attached hydrogen (secondary N) is 2. The predicted octanol–water partition coefficient (Wildman–Crippen LogP) is 2.70. The Hall–Kier alpha value is -3.93. The second kappa shape index (κ2) is 7.97. The van der Waals surface area contributed by atoms with E-state index < -0.39 is 11.8 Å². The highest BCUT2D eigenvalue weighted by Gasteiger charge is 2.19. The molecule has 27 heavy (non-hydrogen) atoms. The predicted molar refractivity (Wildman–Crippen MR) is 99.4 cm³/mol. The number of hydrogen-bond acceptors (Lipinski definition) is 4. The summed E-state index contributed by atoms with van der Waals surface area (Å²) in [5, 5.41) is 9.69. The van der Waals surface area contributed by atoms with Crippen LogP contribution in [0.3, 0.4) is 0 Å². The number of ketones is 1. The third-order valence-electron chi connectivity index (χ3n) is 3.89. The second-order valence-corrected chi connectivity index (χ2v) is 5.67. The van der Waals surface area contributed by atoms with Crippen LogP contribution in [0.15, 0.2) is 78.9 Å². The lowest BCUT2D eigenvalue weighted by Crippen LogP contribution is -2.42. The molecule has 0 aliphatic heterocycles. The highest BCUT2D eigenvalue weighted by molar-refractivity contribution is 6.15. The van der Waals surface area contributed by atoms with Crippen molar-refractivity contribution in [3.05, 3.63) is 101 Å². The summed E-state index contributed by atoms with van der Waals surface area (Å²) in [6, 6.07) is 20.9. The lowest BCUT2D eigenvalue weighted by atomic mass is 9.98. The first-order chi connectivity index (χ1) is 13.1. The van der Waals surface area contributed by atoms with Crippen LogP contribution in [0.5, 0.6) is 5.75 Å². The van der Waals surface area contributed by atoms with Gasteiger partial charge in [0.05, 0.1) is 11.1 Å². The van der Waals surface area contributed by atoms with Crippen molar-refractivity contribution in [2.24, 2.45) is 0 Å². The summed E-state index contributed by atoms with van der Waals surface area (Å²) in [5.74, 6) is -1.82. The number of para-hydroxylation sites is 1. The van der Waals surface area contributed by atoms with Gasteiger partial charge in [0.25, 0.3) is 11.8 Å². The maximum absolute atomic E-state index is 12.7. The summed E-state index contributed by atoms with van der Waals surface area (Å²) < 4.78 is 0. The Bertz CT molecular complexity index is 1000. The van der Waals surface area contributed by atoms with Crippen LogP contribution in [0.25, 0.3) is 0 Å². The van der Waals surface area contributed by atoms with Crippen LogP contribution < -0.4 is 10.9 Å². The number of hydrazine groups is 1. The Labute approximate surface area is 155 Å². The molecule has 3 N–H and O–H groups in total. The smallest absolute Gasteiger partial charge is 0.273 e. The van der Waals surface area contributed by atoms with Gasteiger partial charge in [0, 0.05) is 11.1 Å². The number of rotatable bonds is 4. The fourth-order valence-electron chi connectivity index (χ4n) is 2.54. The fraction of sp³-hybridized carbons (Fsp3) is 0. The number of carbonyl (C=O) groups is 3. The third-order valence-corrected chi connectivity index (χ3v) is 3.89. The van der Waals surface area contributed by atoms with Crippen LogP contribution >= 0.6 is 0 Å². The highest BCUT2D eigenvalue weighted by atomic mass is 16.3. The molecule has 0 bridgehead atoms. The summed E-state index contributed by atoms with van der Waals surface area (Å²) in [6.45, 7) is 0. The zero-order chi connectivity index (χ0) is 19.2. The maximum atomic E-state index is 12.7. The van der Waals surface area contributed by atoms with Crippen LogP contribution in [-0.2, 0) is 0 Å². The van der Waals surface area contributed by atoms with E-state index in [9.17, 15) is 19.5 Å². The molecule has 3 aromatic rings. The average Bonchev–Trinajstić information content (AvgIpc) is 2.72. The number of phenols is 1. The van der Waals surface area contributed by atoms with Crippen molar-refractivity contribution >= 4 is 17.6 Å². The molecule has 0 aliphatic carbocycles. The van der Waals surface area contributed by atoms with E-state index in [1.165, 1.54) is 18.2 Å². The molecule has 134 valence electrons. The molecule has 0 aliphatic rings. The summed E-state index contributed by atoms with van der Waals surface area (Å²) >= 11 is 0. The Morgan fingerprint density at radius 3 is 1.70 bits per heavy atom. The van der Waals surface area contributed by atoms with Gasteiger partial charge < -0.3 is 5.11 Å². The minimum atomic E-state index is -0.673. The van der Waals surface area contributed by atoms with Crippen LogP contribution in [-0.4, -0.2) is 22.7 Å². The zero-order valence-electron chi connectivity index (χ0n) is 14.2. The van der Waals surface area contributed by atoms with Gasteiger partial charge in [-0.1, -0.05) is 60.7 Å². The summed E-state index contributed by atoms with van der Waals surface area (Å²) in [4.78, 5) is 37.2. The van der Waals surface area contributed by atoms with Gasteiger partial charge in [-0.3, -0.25) is 25.2 Å². The molecule has 2 amide bonds. The molecule has 0 atom stereocenters. The number of aromatic hydroxyl groups is 1. The molecule has 6 nitrogen and oxygen atoms in total. The molecule has 0 heterocycles. The quantitative estimate of drug-likeness (QED) is 0.492. The maximum Gasteiger partial charge on any atom is 0.273 e. The van der Waals surface area contributed by atoms with Crippen molar-refractivity contribution in [3.63, 3.8) is 0 Å². The molecule has 0 fully saturated rings. The van der Waals surface area contributed by atoms with Crippen molar-refractivity contribution in [2.45, 2.75) is 0 Å². The SMILES string of the molecule is O=C(NNC(=O)c1ccccc1C(=O)c1ccccc1)c1ccccc1O. The minimum absolute atomic E-state index is 0.0199. The molecule has 0 radical (unpaired) electrons. The summed E-state index contributed by atoms with van der Waals surface area (Å²) in [6.07, 6.45) is 0. The van der Waals surface area contributed by atoms with Gasteiger partial charge in [-0.15, -0.1) is 0 Å². The summed E-state index contributed by atoms with van der Waals surface area (Å²) in [7, 11) is 0. The normalized spacial score (nSPS) is 10.1. The number of carbonyl (C=O) groups excluding carboxylic acids is 3. The molecular weight excluding hydrogens is 344 g/mol. The van der Waals surface area contributed by atoms with E-state index >= 15 is 0 Å². The number of phenolic OH excluding ortho intramolecular Hbond substituents is 1. The Balaban J connectivity index is 1.77. The molecule has 3 aromatic carbocycles. The standard InChI is InChI=1S/C21H16N2O4/c24-18-13-7-6-12-17(18)21(27)23-22-20(26)16-11-5-4-10-15(16)19(25)14-8-2-1-3-9-14/h1-13,24H,(H,22,26)(H,23,27). The van der Waals surface area contributed by atoms with Crippen molar-refractivity contribution < 1.29 is 19.5 Å². The van der Waals surface area contributed by atoms with Gasteiger partial charge >= 0.3 is 0 Å². The van der Waals surface area contributed by atoms with Crippen molar-refractivity contribution in [3.8, 4) is 5.75 Å². The number of amides is 2. The first-order valence-corrected chi connectivity index (χ1v) is 8.15. The molecule has 6 heteroatoms. The average molecular weight is 360 g/mol. The van der Waals surface area contributed by atoms with E-state index in [1.807, 2.05) is 0 Å². The Morgan fingerprint density at radius 2 is 1.07 bits per heavy atom. The van der Waals surface area contributed by atoms with Crippen molar-refractivity contribution in [1.29, 1.82) is 0 Å². The largest absolute Gasteiger partial charge is 0.507 e. The first-order valence-electron chi connectivity index (χ1n) is 8.15. The lowest BCUT2D eigenvalue weighted by Gasteiger charge is -2.11. The van der Waals surface area contributed by atoms with Gasteiger partial charge in [-0.2, -0.15) is 0 Å². The third kappa shape index (κ3) is 4.01. The number of benzene rings is 3. The van der Waals surface area contributed by atoms with Crippen LogP contribution in [0.4, 0.5) is 0 Å². The van der Waals surface area contributed by atoms with E-state index in [4.69, 9.17) is 0 Å². The molecule has 0 saturated heterocycles. The number of hydrogen-bond donors (Lipinski definition) is 3. The van der Waals surface area contributed by atoms with Gasteiger partial charge in [0.1, 0.15) is 5.75 Å². The topological polar surface area (TPSA) is 95.5 Å². The van der Waals surface area contributed by atoms with Gasteiger partial charge in [0.15, 0.2) is 5.78 Å². The molecule has 0 aromatic heterocycles. The monoisotopic (exact) mass is 360 g/mol. The fourth-order valence-corrected chi connectivity index (χ4v) is 2.54. The molecule has 0 spiro atoms. The zero-order valence-corrected chi connectivity index (χ0v) is 14.2. The van der Waals surface area contributed by atoms with Crippen molar-refractivity contribution in [2.75, 3.05) is 0 Å². The van der Waals surface area contributed by atoms with E-state index in [0.717, 1.165) is 0 Å². The van der Waals surface area contributed by atoms with Crippen LogP contribution in [0.2, 0.25) is 0 Å². The highest BCUT2D eigenvalue weighted by Crippen LogP contribution is 2.16. The van der Waals surface area contributed by atoms with E-state index in [0.29, 0.717) is 5.56 Å². The first kappa shape index (κ1) is 17.9. The van der Waals surface area contributed by atoms with Crippen LogP contribution in [0, 0.1) is 0 Å². The molecule has 0 unspecified atom stereocenters. The van der Waals surface area contributed by atoms with E-state index in [2.05, 4.69) is 10.9 Å². The van der Waals surface area contributed by atoms with Gasteiger partial charge in [0.2, 0.25) is 0 Å². The lowest BCUT2D eigenvalue weighted by molar-refractivity contribution is 0.0843. The molecule has 3 rings (SSSR count).